The smallest absolute Gasteiger partial charge is 0.317 e. The molecule has 5 nitrogen and oxygen atoms in total. The second-order valence-corrected chi connectivity index (χ2v) is 6.25. The summed E-state index contributed by atoms with van der Waals surface area (Å²) >= 11 is 12.1. The van der Waals surface area contributed by atoms with Crippen LogP contribution in [0.15, 0.2) is 18.2 Å². The van der Waals surface area contributed by atoms with Gasteiger partial charge in [0.25, 0.3) is 5.91 Å². The van der Waals surface area contributed by atoms with E-state index in [1.54, 1.807) is 28.0 Å². The maximum Gasteiger partial charge on any atom is 0.317 e. The third-order valence-corrected chi connectivity index (χ3v) is 4.60. The fourth-order valence-electron chi connectivity index (χ4n) is 2.51. The minimum Gasteiger partial charge on any atom is -0.338 e. The quantitative estimate of drug-likeness (QED) is 0.902. The van der Waals surface area contributed by atoms with Gasteiger partial charge in [0.05, 0.1) is 15.6 Å². The molecular weight excluding hydrogens is 337 g/mol. The van der Waals surface area contributed by atoms with Crippen LogP contribution >= 0.6 is 23.2 Å². The summed E-state index contributed by atoms with van der Waals surface area (Å²) < 4.78 is 0. The molecule has 0 aromatic heterocycles. The van der Waals surface area contributed by atoms with Crippen LogP contribution in [-0.4, -0.2) is 54.5 Å². The number of carbonyl (C=O) groups excluding carboxylic acids is 2. The van der Waals surface area contributed by atoms with Crippen molar-refractivity contribution in [3.8, 4) is 0 Å². The van der Waals surface area contributed by atoms with Crippen molar-refractivity contribution in [2.75, 3.05) is 32.7 Å². The molecule has 126 valence electrons. The highest BCUT2D eigenvalue weighted by atomic mass is 35.5. The van der Waals surface area contributed by atoms with Gasteiger partial charge in [-0.15, -0.1) is 0 Å². The molecule has 1 fully saturated rings. The Hall–Kier alpha value is -1.46. The van der Waals surface area contributed by atoms with Crippen LogP contribution in [-0.2, 0) is 0 Å². The minimum atomic E-state index is -0.145. The third-order valence-electron chi connectivity index (χ3n) is 3.78. The molecule has 0 bridgehead atoms. The Bertz CT molecular complexity index is 580. The summed E-state index contributed by atoms with van der Waals surface area (Å²) in [5, 5.41) is 3.51. The summed E-state index contributed by atoms with van der Waals surface area (Å²) in [6.45, 7) is 4.91. The van der Waals surface area contributed by atoms with Gasteiger partial charge in [0, 0.05) is 32.7 Å². The number of carbonyl (C=O) groups is 2. The molecule has 1 saturated heterocycles. The molecule has 1 heterocycles. The maximum absolute atomic E-state index is 12.6. The van der Waals surface area contributed by atoms with Crippen molar-refractivity contribution in [1.82, 2.24) is 15.1 Å². The molecular formula is C16H21Cl2N3O2. The Labute approximate surface area is 146 Å². The van der Waals surface area contributed by atoms with Crippen LogP contribution in [0.25, 0.3) is 0 Å². The molecule has 1 aliphatic rings. The van der Waals surface area contributed by atoms with Crippen LogP contribution in [0.1, 0.15) is 30.1 Å². The standard InChI is InChI=1S/C16H21Cl2N3O2/c1-2-7-19-16(23)21-9-4-8-20(10-11-21)15(22)12-5-3-6-13(17)14(12)18/h3,5-6H,2,4,7-11H2,1H3,(H,19,23). The van der Waals surface area contributed by atoms with Crippen LogP contribution in [0, 0.1) is 0 Å². The van der Waals surface area contributed by atoms with Crippen molar-refractivity contribution in [2.45, 2.75) is 19.8 Å². The maximum atomic E-state index is 12.6. The molecule has 3 amide bonds. The zero-order valence-electron chi connectivity index (χ0n) is 13.1. The molecule has 23 heavy (non-hydrogen) atoms. The van der Waals surface area contributed by atoms with Crippen molar-refractivity contribution in [3.63, 3.8) is 0 Å². The highest BCUT2D eigenvalue weighted by molar-refractivity contribution is 6.43. The fourth-order valence-corrected chi connectivity index (χ4v) is 2.89. The third kappa shape index (κ3) is 4.52. The van der Waals surface area contributed by atoms with Crippen LogP contribution in [0.2, 0.25) is 10.0 Å². The van der Waals surface area contributed by atoms with Gasteiger partial charge in [-0.1, -0.05) is 36.2 Å². The summed E-state index contributed by atoms with van der Waals surface area (Å²) in [6, 6.07) is 4.97. The average molecular weight is 358 g/mol. The highest BCUT2D eigenvalue weighted by Crippen LogP contribution is 2.26. The fraction of sp³-hybridized carbons (Fsp3) is 0.500. The Morgan fingerprint density at radius 1 is 1.13 bits per heavy atom. The van der Waals surface area contributed by atoms with Gasteiger partial charge < -0.3 is 15.1 Å². The van der Waals surface area contributed by atoms with Gasteiger partial charge in [-0.2, -0.15) is 0 Å². The normalized spacial score (nSPS) is 15.3. The van der Waals surface area contributed by atoms with Crippen molar-refractivity contribution in [2.24, 2.45) is 0 Å². The summed E-state index contributed by atoms with van der Waals surface area (Å²) in [6.07, 6.45) is 1.64. The van der Waals surface area contributed by atoms with E-state index >= 15 is 0 Å². The summed E-state index contributed by atoms with van der Waals surface area (Å²) in [7, 11) is 0. The summed E-state index contributed by atoms with van der Waals surface area (Å²) in [5.41, 5.74) is 0.406. The van der Waals surface area contributed by atoms with Gasteiger partial charge in [0.15, 0.2) is 0 Å². The number of rotatable bonds is 3. The zero-order valence-corrected chi connectivity index (χ0v) is 14.7. The topological polar surface area (TPSA) is 52.7 Å². The minimum absolute atomic E-state index is 0.0677. The SMILES string of the molecule is CCCNC(=O)N1CCCN(C(=O)c2cccc(Cl)c2Cl)CC1. The van der Waals surface area contributed by atoms with Gasteiger partial charge in [-0.3, -0.25) is 4.79 Å². The van der Waals surface area contributed by atoms with E-state index in [-0.39, 0.29) is 17.0 Å². The zero-order chi connectivity index (χ0) is 16.8. The van der Waals surface area contributed by atoms with E-state index in [9.17, 15) is 9.59 Å². The van der Waals surface area contributed by atoms with E-state index in [1.807, 2.05) is 6.92 Å². The lowest BCUT2D eigenvalue weighted by Gasteiger charge is -2.23. The number of halogens is 2. The van der Waals surface area contributed by atoms with E-state index in [1.165, 1.54) is 0 Å². The van der Waals surface area contributed by atoms with Crippen molar-refractivity contribution in [1.29, 1.82) is 0 Å². The van der Waals surface area contributed by atoms with E-state index in [2.05, 4.69) is 5.32 Å². The van der Waals surface area contributed by atoms with Crippen LogP contribution in [0.4, 0.5) is 4.79 Å². The van der Waals surface area contributed by atoms with Crippen molar-refractivity contribution >= 4 is 35.1 Å². The molecule has 2 rings (SSSR count). The molecule has 0 aliphatic carbocycles. The number of nitrogens with one attached hydrogen (secondary N) is 1. The van der Waals surface area contributed by atoms with Gasteiger partial charge in [-0.25, -0.2) is 4.79 Å². The first-order valence-electron chi connectivity index (χ1n) is 7.80. The molecule has 1 aromatic rings. The lowest BCUT2D eigenvalue weighted by Crippen LogP contribution is -2.42. The number of hydrogen-bond acceptors (Lipinski definition) is 2. The Morgan fingerprint density at radius 2 is 1.83 bits per heavy atom. The van der Waals surface area contributed by atoms with Crippen molar-refractivity contribution in [3.05, 3.63) is 33.8 Å². The second-order valence-electron chi connectivity index (χ2n) is 5.47. The van der Waals surface area contributed by atoms with E-state index < -0.39 is 0 Å². The number of urea groups is 1. The van der Waals surface area contributed by atoms with E-state index in [0.29, 0.717) is 43.3 Å². The second kappa shape index (κ2) is 8.41. The predicted molar refractivity (Wildman–Crippen MR) is 92.2 cm³/mol. The Kier molecular flexibility index (Phi) is 6.54. The molecule has 7 heteroatoms. The van der Waals surface area contributed by atoms with E-state index in [0.717, 1.165) is 12.8 Å². The Morgan fingerprint density at radius 3 is 2.57 bits per heavy atom. The summed E-state index contributed by atoms with van der Waals surface area (Å²) in [5.74, 6) is -0.145. The lowest BCUT2D eigenvalue weighted by atomic mass is 10.2. The Balaban J connectivity index is 2.01. The predicted octanol–water partition coefficient (Wildman–Crippen LogP) is 3.26. The van der Waals surface area contributed by atoms with E-state index in [4.69, 9.17) is 23.2 Å². The first-order valence-corrected chi connectivity index (χ1v) is 8.56. The van der Waals surface area contributed by atoms with Crippen LogP contribution in [0.5, 0.6) is 0 Å². The molecule has 0 saturated carbocycles. The summed E-state index contributed by atoms with van der Waals surface area (Å²) in [4.78, 5) is 28.1. The van der Waals surface area contributed by atoms with Gasteiger partial charge in [0.1, 0.15) is 0 Å². The number of amides is 3. The molecule has 1 aromatic carbocycles. The number of hydrogen-bond donors (Lipinski definition) is 1. The molecule has 0 atom stereocenters. The van der Waals surface area contributed by atoms with Crippen LogP contribution < -0.4 is 5.32 Å². The van der Waals surface area contributed by atoms with Gasteiger partial charge in [-0.05, 0) is 25.0 Å². The van der Waals surface area contributed by atoms with Crippen LogP contribution in [0.3, 0.4) is 0 Å². The van der Waals surface area contributed by atoms with Gasteiger partial charge >= 0.3 is 6.03 Å². The molecule has 0 radical (unpaired) electrons. The van der Waals surface area contributed by atoms with Gasteiger partial charge in [0.2, 0.25) is 0 Å². The largest absolute Gasteiger partial charge is 0.338 e. The monoisotopic (exact) mass is 357 g/mol. The first kappa shape index (κ1) is 17.9. The highest BCUT2D eigenvalue weighted by Gasteiger charge is 2.24. The molecule has 0 unspecified atom stereocenters. The number of nitrogens with zero attached hydrogens (tertiary/aromatic N) is 2. The molecule has 1 aliphatic heterocycles. The molecule has 0 spiro atoms. The first-order chi connectivity index (χ1) is 11.0. The average Bonchev–Trinajstić information content (AvgIpc) is 2.80. The van der Waals surface area contributed by atoms with Crippen molar-refractivity contribution < 1.29 is 9.59 Å². The molecule has 1 N–H and O–H groups in total. The lowest BCUT2D eigenvalue weighted by molar-refractivity contribution is 0.0762. The number of benzene rings is 1.